The smallest absolute Gasteiger partial charge is 0.338 e. The van der Waals surface area contributed by atoms with Gasteiger partial charge in [-0.15, -0.1) is 0 Å². The summed E-state index contributed by atoms with van der Waals surface area (Å²) in [5.74, 6) is -0.423. The number of ether oxygens (including phenoxy) is 1. The molecular weight excluding hydrogens is 304 g/mol. The van der Waals surface area contributed by atoms with Crippen LogP contribution < -0.4 is 10.6 Å². The molecule has 24 heavy (non-hydrogen) atoms. The fourth-order valence-corrected chi connectivity index (χ4v) is 2.98. The molecule has 2 N–H and O–H groups in total. The lowest BCUT2D eigenvalue weighted by molar-refractivity contribution is -0.143. The van der Waals surface area contributed by atoms with E-state index in [-0.39, 0.29) is 12.1 Å². The van der Waals surface area contributed by atoms with E-state index in [1.54, 1.807) is 20.8 Å². The van der Waals surface area contributed by atoms with E-state index in [2.05, 4.69) is 10.6 Å². The van der Waals surface area contributed by atoms with Crippen LogP contribution in [0.1, 0.15) is 32.4 Å². The SMILES string of the molecule is CC1=C(C(=O)OC(C)C)[C@@H](c2cccc3ccccc23)NC(=O)N1. The number of allylic oxidation sites excluding steroid dienone is 1. The normalized spacial score (nSPS) is 17.7. The van der Waals surface area contributed by atoms with Crippen molar-refractivity contribution in [2.45, 2.75) is 32.9 Å². The first-order chi connectivity index (χ1) is 11.5. The van der Waals surface area contributed by atoms with Gasteiger partial charge in [-0.2, -0.15) is 0 Å². The Labute approximate surface area is 140 Å². The van der Waals surface area contributed by atoms with Crippen molar-refractivity contribution >= 4 is 22.8 Å². The van der Waals surface area contributed by atoms with Crippen LogP contribution in [-0.2, 0) is 9.53 Å². The Morgan fingerprint density at radius 1 is 1.12 bits per heavy atom. The Morgan fingerprint density at radius 3 is 2.58 bits per heavy atom. The maximum Gasteiger partial charge on any atom is 0.338 e. The predicted octanol–water partition coefficient (Wildman–Crippen LogP) is 3.42. The second-order valence-corrected chi connectivity index (χ2v) is 6.09. The minimum Gasteiger partial charge on any atom is -0.459 e. The van der Waals surface area contributed by atoms with Crippen molar-refractivity contribution in [3.05, 3.63) is 59.3 Å². The largest absolute Gasteiger partial charge is 0.459 e. The van der Waals surface area contributed by atoms with Gasteiger partial charge in [0.1, 0.15) is 0 Å². The van der Waals surface area contributed by atoms with E-state index in [9.17, 15) is 9.59 Å². The summed E-state index contributed by atoms with van der Waals surface area (Å²) in [4.78, 5) is 24.5. The van der Waals surface area contributed by atoms with Crippen LogP contribution in [0.15, 0.2) is 53.7 Å². The molecule has 2 aromatic carbocycles. The molecule has 0 saturated heterocycles. The molecule has 1 aliphatic rings. The van der Waals surface area contributed by atoms with Crippen LogP contribution in [0.2, 0.25) is 0 Å². The maximum absolute atomic E-state index is 12.6. The van der Waals surface area contributed by atoms with Gasteiger partial charge in [0.25, 0.3) is 0 Å². The molecule has 1 atom stereocenters. The number of carbonyl (C=O) groups excluding carboxylic acids is 2. The highest BCUT2D eigenvalue weighted by atomic mass is 16.5. The van der Waals surface area contributed by atoms with Crippen molar-refractivity contribution in [2.75, 3.05) is 0 Å². The fourth-order valence-electron chi connectivity index (χ4n) is 2.98. The molecule has 0 bridgehead atoms. The van der Waals surface area contributed by atoms with Gasteiger partial charge in [0.15, 0.2) is 0 Å². The lowest BCUT2D eigenvalue weighted by Gasteiger charge is -2.29. The molecule has 1 aliphatic heterocycles. The predicted molar refractivity (Wildman–Crippen MR) is 92.3 cm³/mol. The molecule has 124 valence electrons. The van der Waals surface area contributed by atoms with Gasteiger partial charge in [0.05, 0.1) is 17.7 Å². The van der Waals surface area contributed by atoms with E-state index in [4.69, 9.17) is 4.74 Å². The second kappa shape index (κ2) is 6.35. The molecule has 0 fully saturated rings. The number of fused-ring (bicyclic) bond motifs is 1. The van der Waals surface area contributed by atoms with Crippen molar-refractivity contribution < 1.29 is 14.3 Å². The first-order valence-corrected chi connectivity index (χ1v) is 7.94. The van der Waals surface area contributed by atoms with Gasteiger partial charge < -0.3 is 15.4 Å². The monoisotopic (exact) mass is 324 g/mol. The number of nitrogens with one attached hydrogen (secondary N) is 2. The lowest BCUT2D eigenvalue weighted by atomic mass is 9.91. The molecule has 2 amide bonds. The Hall–Kier alpha value is -2.82. The Balaban J connectivity index is 2.13. The van der Waals surface area contributed by atoms with Crippen LogP contribution in [0.25, 0.3) is 10.8 Å². The summed E-state index contributed by atoms with van der Waals surface area (Å²) < 4.78 is 5.37. The number of hydrogen-bond donors (Lipinski definition) is 2. The Morgan fingerprint density at radius 2 is 1.83 bits per heavy atom. The third kappa shape index (κ3) is 2.97. The molecule has 2 aromatic rings. The van der Waals surface area contributed by atoms with Gasteiger partial charge in [-0.05, 0) is 37.1 Å². The summed E-state index contributed by atoms with van der Waals surface area (Å²) in [7, 11) is 0. The molecule has 5 nitrogen and oxygen atoms in total. The van der Waals surface area contributed by atoms with Gasteiger partial charge in [0, 0.05) is 5.70 Å². The van der Waals surface area contributed by atoms with Crippen molar-refractivity contribution in [3.8, 4) is 0 Å². The number of carbonyl (C=O) groups is 2. The van der Waals surface area contributed by atoms with Gasteiger partial charge in [-0.25, -0.2) is 9.59 Å². The number of amides is 2. The zero-order valence-corrected chi connectivity index (χ0v) is 13.9. The second-order valence-electron chi connectivity index (χ2n) is 6.09. The summed E-state index contributed by atoms with van der Waals surface area (Å²) in [6.07, 6.45) is -0.233. The quantitative estimate of drug-likeness (QED) is 0.850. The van der Waals surface area contributed by atoms with Crippen LogP contribution in [0, 0.1) is 0 Å². The summed E-state index contributed by atoms with van der Waals surface area (Å²) in [5.41, 5.74) is 1.82. The van der Waals surface area contributed by atoms with Crippen LogP contribution in [0.4, 0.5) is 4.79 Å². The van der Waals surface area contributed by atoms with Gasteiger partial charge in [0.2, 0.25) is 0 Å². The first kappa shape index (κ1) is 16.1. The van der Waals surface area contributed by atoms with Crippen LogP contribution in [-0.4, -0.2) is 18.1 Å². The number of esters is 1. The van der Waals surface area contributed by atoms with E-state index in [0.29, 0.717) is 11.3 Å². The molecule has 0 saturated carbocycles. The van der Waals surface area contributed by atoms with E-state index in [1.165, 1.54) is 0 Å². The zero-order valence-electron chi connectivity index (χ0n) is 13.9. The van der Waals surface area contributed by atoms with Crippen LogP contribution in [0.5, 0.6) is 0 Å². The number of hydrogen-bond acceptors (Lipinski definition) is 3. The number of benzene rings is 2. The van der Waals surface area contributed by atoms with Crippen molar-refractivity contribution in [1.82, 2.24) is 10.6 Å². The van der Waals surface area contributed by atoms with E-state index >= 15 is 0 Å². The van der Waals surface area contributed by atoms with E-state index in [0.717, 1.165) is 16.3 Å². The van der Waals surface area contributed by atoms with Gasteiger partial charge in [-0.3, -0.25) is 0 Å². The molecule has 0 aliphatic carbocycles. The molecule has 5 heteroatoms. The summed E-state index contributed by atoms with van der Waals surface area (Å²) >= 11 is 0. The van der Waals surface area contributed by atoms with Crippen molar-refractivity contribution in [3.63, 3.8) is 0 Å². The molecule has 1 heterocycles. The summed E-state index contributed by atoms with van der Waals surface area (Å²) in [5, 5.41) is 7.56. The topological polar surface area (TPSA) is 67.4 Å². The Bertz CT molecular complexity index is 834. The minimum absolute atomic E-state index is 0.233. The molecule has 0 aromatic heterocycles. The zero-order chi connectivity index (χ0) is 17.3. The average molecular weight is 324 g/mol. The Kier molecular flexibility index (Phi) is 4.25. The molecule has 3 rings (SSSR count). The van der Waals surface area contributed by atoms with E-state index < -0.39 is 12.0 Å². The van der Waals surface area contributed by atoms with Gasteiger partial charge >= 0.3 is 12.0 Å². The highest BCUT2D eigenvalue weighted by Crippen LogP contribution is 2.32. The molecule has 0 spiro atoms. The third-order valence-electron chi connectivity index (χ3n) is 3.97. The number of rotatable bonds is 3. The fraction of sp³-hybridized carbons (Fsp3) is 0.263. The van der Waals surface area contributed by atoms with Crippen LogP contribution in [0.3, 0.4) is 0 Å². The standard InChI is InChI=1S/C19H20N2O3/c1-11(2)24-18(22)16-12(3)20-19(23)21-17(16)15-10-6-8-13-7-4-5-9-14(13)15/h4-11,17H,1-3H3,(H2,20,21,23)/t17-/m1/s1. The minimum atomic E-state index is -0.545. The molecular formula is C19H20N2O3. The molecule has 0 unspecified atom stereocenters. The summed E-state index contributed by atoms with van der Waals surface area (Å²) in [6.45, 7) is 5.32. The van der Waals surface area contributed by atoms with Gasteiger partial charge in [-0.1, -0.05) is 42.5 Å². The maximum atomic E-state index is 12.6. The number of urea groups is 1. The molecule has 0 radical (unpaired) electrons. The average Bonchev–Trinajstić information content (AvgIpc) is 2.52. The van der Waals surface area contributed by atoms with E-state index in [1.807, 2.05) is 42.5 Å². The third-order valence-corrected chi connectivity index (χ3v) is 3.97. The van der Waals surface area contributed by atoms with Crippen molar-refractivity contribution in [1.29, 1.82) is 0 Å². The highest BCUT2D eigenvalue weighted by molar-refractivity contribution is 5.97. The first-order valence-electron chi connectivity index (χ1n) is 7.94. The van der Waals surface area contributed by atoms with Crippen LogP contribution >= 0.6 is 0 Å². The summed E-state index contributed by atoms with van der Waals surface area (Å²) in [6, 6.07) is 12.9. The van der Waals surface area contributed by atoms with Crippen molar-refractivity contribution in [2.24, 2.45) is 0 Å². The lowest BCUT2D eigenvalue weighted by Crippen LogP contribution is -2.45. The highest BCUT2D eigenvalue weighted by Gasteiger charge is 2.33.